The predicted octanol–water partition coefficient (Wildman–Crippen LogP) is 4.46. The quantitative estimate of drug-likeness (QED) is 0.748. The third-order valence-electron chi connectivity index (χ3n) is 5.84. The Labute approximate surface area is 162 Å². The Morgan fingerprint density at radius 3 is 2.59 bits per heavy atom. The third-order valence-corrected chi connectivity index (χ3v) is 5.84. The van der Waals surface area contributed by atoms with Crippen LogP contribution < -0.4 is 5.73 Å². The highest BCUT2D eigenvalue weighted by Gasteiger charge is 2.28. The van der Waals surface area contributed by atoms with Crippen LogP contribution in [0.3, 0.4) is 0 Å². The van der Waals surface area contributed by atoms with E-state index in [1.807, 2.05) is 16.8 Å². The molecule has 2 N–H and O–H groups in total. The van der Waals surface area contributed by atoms with Gasteiger partial charge in [0.15, 0.2) is 0 Å². The Hall–Kier alpha value is -2.17. The van der Waals surface area contributed by atoms with Crippen LogP contribution in [0, 0.1) is 0 Å². The van der Waals surface area contributed by atoms with E-state index in [9.17, 15) is 0 Å². The normalized spacial score (nSPS) is 18.9. The molecular formula is C23H30N4. The maximum absolute atomic E-state index is 5.85. The zero-order valence-corrected chi connectivity index (χ0v) is 16.7. The molecule has 4 rings (SSSR count). The summed E-state index contributed by atoms with van der Waals surface area (Å²) in [6, 6.07) is 15.1. The fourth-order valence-electron chi connectivity index (χ4n) is 4.16. The van der Waals surface area contributed by atoms with E-state index in [0.29, 0.717) is 12.5 Å². The molecule has 1 aliphatic heterocycles. The Bertz CT molecular complexity index is 918. The van der Waals surface area contributed by atoms with Crippen molar-refractivity contribution in [2.45, 2.75) is 51.6 Å². The molecule has 2 aromatic carbocycles. The lowest BCUT2D eigenvalue weighted by Gasteiger charge is -2.41. The van der Waals surface area contributed by atoms with Gasteiger partial charge in [-0.2, -0.15) is 5.10 Å². The summed E-state index contributed by atoms with van der Waals surface area (Å²) in [4.78, 5) is 2.61. The van der Waals surface area contributed by atoms with Crippen LogP contribution in [-0.4, -0.2) is 33.3 Å². The molecule has 3 aromatic rings. The van der Waals surface area contributed by atoms with E-state index in [1.165, 1.54) is 24.9 Å². The van der Waals surface area contributed by atoms with E-state index in [1.54, 1.807) is 0 Å². The molecule has 0 amide bonds. The molecule has 1 fully saturated rings. The van der Waals surface area contributed by atoms with Gasteiger partial charge in [0.1, 0.15) is 0 Å². The van der Waals surface area contributed by atoms with Crippen molar-refractivity contribution in [2.24, 2.45) is 5.73 Å². The molecule has 1 aliphatic rings. The number of aromatic nitrogens is 2. The van der Waals surface area contributed by atoms with Crippen molar-refractivity contribution in [3.05, 3.63) is 59.8 Å². The van der Waals surface area contributed by atoms with Crippen LogP contribution in [0.4, 0.5) is 0 Å². The van der Waals surface area contributed by atoms with Gasteiger partial charge in [-0.25, -0.2) is 4.68 Å². The average molecular weight is 363 g/mol. The van der Waals surface area contributed by atoms with Gasteiger partial charge in [-0.15, -0.1) is 0 Å². The molecule has 4 heteroatoms. The minimum Gasteiger partial charge on any atom is -0.326 e. The van der Waals surface area contributed by atoms with Gasteiger partial charge < -0.3 is 5.73 Å². The van der Waals surface area contributed by atoms with Crippen molar-refractivity contribution in [2.75, 3.05) is 13.1 Å². The number of fused-ring (bicyclic) bond motifs is 1. The highest BCUT2D eigenvalue weighted by Crippen LogP contribution is 2.31. The number of hydrogen-bond donors (Lipinski definition) is 1. The summed E-state index contributed by atoms with van der Waals surface area (Å²) in [6.07, 6.45) is 4.64. The zero-order valence-electron chi connectivity index (χ0n) is 16.7. The third kappa shape index (κ3) is 3.64. The van der Waals surface area contributed by atoms with Crippen LogP contribution in [0.15, 0.2) is 48.7 Å². The highest BCUT2D eigenvalue weighted by molar-refractivity contribution is 5.81. The van der Waals surface area contributed by atoms with Crippen molar-refractivity contribution in [1.29, 1.82) is 0 Å². The summed E-state index contributed by atoms with van der Waals surface area (Å²) in [5.74, 6) is 0.618. The Morgan fingerprint density at radius 2 is 1.89 bits per heavy atom. The fourth-order valence-corrected chi connectivity index (χ4v) is 4.16. The molecule has 1 aromatic heterocycles. The van der Waals surface area contributed by atoms with Crippen molar-refractivity contribution in [3.8, 4) is 5.69 Å². The highest BCUT2D eigenvalue weighted by atomic mass is 15.3. The predicted molar refractivity (Wildman–Crippen MR) is 112 cm³/mol. The Balaban J connectivity index is 1.57. The number of piperidine rings is 1. The van der Waals surface area contributed by atoms with Crippen LogP contribution in [0.2, 0.25) is 0 Å². The second-order valence-electron chi connectivity index (χ2n) is 8.68. The largest absolute Gasteiger partial charge is 0.326 e. The second-order valence-corrected chi connectivity index (χ2v) is 8.68. The van der Waals surface area contributed by atoms with Crippen LogP contribution in [0.1, 0.15) is 50.7 Å². The smallest absolute Gasteiger partial charge is 0.0972 e. The van der Waals surface area contributed by atoms with Crippen LogP contribution in [-0.2, 0) is 6.54 Å². The molecule has 1 saturated heterocycles. The van der Waals surface area contributed by atoms with Gasteiger partial charge >= 0.3 is 0 Å². The summed E-state index contributed by atoms with van der Waals surface area (Å²) in [6.45, 7) is 9.82. The average Bonchev–Trinajstić information content (AvgIpc) is 3.12. The van der Waals surface area contributed by atoms with Gasteiger partial charge in [0.2, 0.25) is 0 Å². The van der Waals surface area contributed by atoms with Crippen LogP contribution >= 0.6 is 0 Å². The summed E-state index contributed by atoms with van der Waals surface area (Å²) in [5, 5.41) is 5.90. The number of nitrogens with zero attached hydrogens (tertiary/aromatic N) is 3. The van der Waals surface area contributed by atoms with Crippen molar-refractivity contribution >= 4 is 10.9 Å². The first-order valence-corrected chi connectivity index (χ1v) is 9.98. The first-order chi connectivity index (χ1) is 13.0. The SMILES string of the molecule is CC(C)(C)N1CCC[C@@H](c2ccc(-n3cc4cccc(CN)c4n3)cc2)C1. The monoisotopic (exact) mass is 362 g/mol. The molecule has 0 radical (unpaired) electrons. The van der Waals surface area contributed by atoms with Gasteiger partial charge in [0.25, 0.3) is 0 Å². The molecule has 0 unspecified atom stereocenters. The van der Waals surface area contributed by atoms with Gasteiger partial charge in [0, 0.05) is 30.2 Å². The lowest BCUT2D eigenvalue weighted by Crippen LogP contribution is -2.46. The number of likely N-dealkylation sites (tertiary alicyclic amines) is 1. The van der Waals surface area contributed by atoms with Gasteiger partial charge in [0.05, 0.1) is 11.2 Å². The maximum Gasteiger partial charge on any atom is 0.0972 e. The topological polar surface area (TPSA) is 47.1 Å². The molecule has 27 heavy (non-hydrogen) atoms. The molecule has 142 valence electrons. The summed E-state index contributed by atoms with van der Waals surface area (Å²) in [5.41, 5.74) is 10.7. The van der Waals surface area contributed by atoms with Crippen LogP contribution in [0.25, 0.3) is 16.6 Å². The summed E-state index contributed by atoms with van der Waals surface area (Å²) >= 11 is 0. The lowest BCUT2D eigenvalue weighted by molar-refractivity contribution is 0.0986. The lowest BCUT2D eigenvalue weighted by atomic mass is 9.88. The molecular weight excluding hydrogens is 332 g/mol. The first-order valence-electron chi connectivity index (χ1n) is 9.98. The Morgan fingerprint density at radius 1 is 1.11 bits per heavy atom. The molecule has 0 spiro atoms. The van der Waals surface area contributed by atoms with Crippen molar-refractivity contribution in [3.63, 3.8) is 0 Å². The number of hydrogen-bond acceptors (Lipinski definition) is 3. The van der Waals surface area contributed by atoms with Gasteiger partial charge in [-0.1, -0.05) is 30.3 Å². The maximum atomic E-state index is 5.85. The van der Waals surface area contributed by atoms with Gasteiger partial charge in [-0.05, 0) is 69.3 Å². The molecule has 0 aliphatic carbocycles. The number of benzene rings is 2. The standard InChI is InChI=1S/C23H30N4/c1-23(2,3)26-13-5-8-19(15-26)17-9-11-21(12-10-17)27-16-20-7-4-6-18(14-24)22(20)25-27/h4,6-7,9-12,16,19H,5,8,13-15,24H2,1-3H3/t19-/m1/s1. The van der Waals surface area contributed by atoms with E-state index < -0.39 is 0 Å². The van der Waals surface area contributed by atoms with E-state index in [0.717, 1.165) is 28.7 Å². The van der Waals surface area contributed by atoms with Crippen molar-refractivity contribution in [1.82, 2.24) is 14.7 Å². The zero-order chi connectivity index (χ0) is 19.0. The van der Waals surface area contributed by atoms with Gasteiger partial charge in [-0.3, -0.25) is 4.90 Å². The Kier molecular flexibility index (Phi) is 4.79. The van der Waals surface area contributed by atoms with E-state index >= 15 is 0 Å². The molecule has 0 saturated carbocycles. The molecule has 4 nitrogen and oxygen atoms in total. The van der Waals surface area contributed by atoms with E-state index in [2.05, 4.69) is 62.2 Å². The second kappa shape index (κ2) is 7.10. The van der Waals surface area contributed by atoms with E-state index in [-0.39, 0.29) is 5.54 Å². The summed E-state index contributed by atoms with van der Waals surface area (Å²) < 4.78 is 1.97. The molecule has 0 bridgehead atoms. The van der Waals surface area contributed by atoms with Crippen LogP contribution in [0.5, 0.6) is 0 Å². The number of nitrogens with two attached hydrogens (primary N) is 1. The minimum atomic E-state index is 0.245. The number of rotatable bonds is 3. The minimum absolute atomic E-state index is 0.245. The van der Waals surface area contributed by atoms with E-state index in [4.69, 9.17) is 10.8 Å². The van der Waals surface area contributed by atoms with Crippen molar-refractivity contribution < 1.29 is 0 Å². The molecule has 1 atom stereocenters. The fraction of sp³-hybridized carbons (Fsp3) is 0.435. The first kappa shape index (κ1) is 18.2. The summed E-state index contributed by atoms with van der Waals surface area (Å²) in [7, 11) is 0. The molecule has 2 heterocycles.